The summed E-state index contributed by atoms with van der Waals surface area (Å²) in [5.74, 6) is -1.32. The molecule has 1 aromatic rings. The van der Waals surface area contributed by atoms with E-state index in [-0.39, 0.29) is 11.3 Å². The van der Waals surface area contributed by atoms with Crippen molar-refractivity contribution >= 4 is 5.97 Å². The summed E-state index contributed by atoms with van der Waals surface area (Å²) < 4.78 is 9.80. The second-order valence-electron chi connectivity index (χ2n) is 3.54. The molecule has 0 radical (unpaired) electrons. The zero-order chi connectivity index (χ0) is 12.8. The number of esters is 1. The van der Waals surface area contributed by atoms with Gasteiger partial charge in [0, 0.05) is 0 Å². The molecule has 17 heavy (non-hydrogen) atoms. The van der Waals surface area contributed by atoms with Gasteiger partial charge in [-0.05, 0) is 18.6 Å². The van der Waals surface area contributed by atoms with Crippen LogP contribution in [0.4, 0.5) is 0 Å². The van der Waals surface area contributed by atoms with Gasteiger partial charge in [-0.1, -0.05) is 13.3 Å². The third-order valence-corrected chi connectivity index (χ3v) is 2.24. The number of carbonyl (C=O) groups excluding carboxylic acids is 1. The summed E-state index contributed by atoms with van der Waals surface area (Å²) in [6.45, 7) is 2.32. The lowest BCUT2D eigenvalue weighted by atomic mass is 10.2. The van der Waals surface area contributed by atoms with Gasteiger partial charge in [0.05, 0.1) is 19.3 Å². The van der Waals surface area contributed by atoms with Crippen LogP contribution in [0.25, 0.3) is 0 Å². The number of ether oxygens (including phenoxy) is 2. The van der Waals surface area contributed by atoms with E-state index in [0.29, 0.717) is 6.61 Å². The Morgan fingerprint density at radius 1 is 1.35 bits per heavy atom. The van der Waals surface area contributed by atoms with Crippen LogP contribution in [-0.2, 0) is 4.74 Å². The largest absolute Gasteiger partial charge is 0.504 e. The van der Waals surface area contributed by atoms with Crippen LogP contribution in [0.2, 0.25) is 0 Å². The fourth-order valence-electron chi connectivity index (χ4n) is 1.26. The lowest BCUT2D eigenvalue weighted by Crippen LogP contribution is -2.06. The number of aromatic hydroxyl groups is 2. The van der Waals surface area contributed by atoms with Crippen molar-refractivity contribution in [1.29, 1.82) is 0 Å². The van der Waals surface area contributed by atoms with Crippen molar-refractivity contribution in [3.05, 3.63) is 17.7 Å². The van der Waals surface area contributed by atoms with Crippen molar-refractivity contribution in [2.45, 2.75) is 19.8 Å². The van der Waals surface area contributed by atoms with Crippen molar-refractivity contribution in [2.75, 3.05) is 13.7 Å². The Bertz CT molecular complexity index is 400. The maximum atomic E-state index is 11.6. The van der Waals surface area contributed by atoms with Crippen molar-refractivity contribution in [1.82, 2.24) is 0 Å². The fraction of sp³-hybridized carbons (Fsp3) is 0.417. The molecule has 0 saturated heterocycles. The summed E-state index contributed by atoms with van der Waals surface area (Å²) in [7, 11) is 1.33. The number of unbranched alkanes of at least 4 members (excludes halogenated alkanes) is 1. The Labute approximate surface area is 99.6 Å². The molecule has 0 bridgehead atoms. The first kappa shape index (κ1) is 13.2. The standard InChI is InChI=1S/C12H16O5/c1-3-4-5-17-12(15)8-6-9(13)11(14)10(7-8)16-2/h6-7,13-14H,3-5H2,1-2H3. The van der Waals surface area contributed by atoms with Crippen molar-refractivity contribution in [2.24, 2.45) is 0 Å². The third kappa shape index (κ3) is 3.27. The van der Waals surface area contributed by atoms with Gasteiger partial charge in [0.15, 0.2) is 11.5 Å². The number of hydrogen-bond acceptors (Lipinski definition) is 5. The molecule has 0 saturated carbocycles. The lowest BCUT2D eigenvalue weighted by molar-refractivity contribution is 0.0499. The van der Waals surface area contributed by atoms with Gasteiger partial charge in [0.25, 0.3) is 0 Å². The maximum Gasteiger partial charge on any atom is 0.338 e. The SMILES string of the molecule is CCCCOC(=O)c1cc(O)c(O)c(OC)c1. The highest BCUT2D eigenvalue weighted by molar-refractivity contribution is 5.91. The summed E-state index contributed by atoms with van der Waals surface area (Å²) in [6, 6.07) is 2.47. The van der Waals surface area contributed by atoms with Gasteiger partial charge >= 0.3 is 5.97 Å². The molecule has 0 aliphatic heterocycles. The zero-order valence-electron chi connectivity index (χ0n) is 9.90. The number of hydrogen-bond donors (Lipinski definition) is 2. The number of rotatable bonds is 5. The maximum absolute atomic E-state index is 11.6. The van der Waals surface area contributed by atoms with Crippen LogP contribution in [0.3, 0.4) is 0 Å². The summed E-state index contributed by atoms with van der Waals surface area (Å²) in [5.41, 5.74) is 0.147. The summed E-state index contributed by atoms with van der Waals surface area (Å²) in [6.07, 6.45) is 1.71. The predicted molar refractivity (Wildman–Crippen MR) is 61.5 cm³/mol. The van der Waals surface area contributed by atoms with Crippen LogP contribution in [0.1, 0.15) is 30.1 Å². The predicted octanol–water partition coefficient (Wildman–Crippen LogP) is 2.06. The van der Waals surface area contributed by atoms with E-state index in [4.69, 9.17) is 9.47 Å². The highest BCUT2D eigenvalue weighted by Crippen LogP contribution is 2.36. The smallest absolute Gasteiger partial charge is 0.338 e. The van der Waals surface area contributed by atoms with Crippen LogP contribution in [0.15, 0.2) is 12.1 Å². The minimum atomic E-state index is -0.549. The minimum Gasteiger partial charge on any atom is -0.504 e. The van der Waals surface area contributed by atoms with E-state index >= 15 is 0 Å². The summed E-state index contributed by atoms with van der Waals surface area (Å²) >= 11 is 0. The van der Waals surface area contributed by atoms with Crippen LogP contribution < -0.4 is 4.74 Å². The van der Waals surface area contributed by atoms with Gasteiger partial charge in [-0.25, -0.2) is 4.79 Å². The molecule has 1 aromatic carbocycles. The molecule has 5 nitrogen and oxygen atoms in total. The molecule has 0 amide bonds. The van der Waals surface area contributed by atoms with Gasteiger partial charge in [-0.15, -0.1) is 0 Å². The quantitative estimate of drug-likeness (QED) is 0.468. The van der Waals surface area contributed by atoms with E-state index in [1.54, 1.807) is 0 Å². The molecule has 0 aliphatic rings. The van der Waals surface area contributed by atoms with E-state index in [1.807, 2.05) is 6.92 Å². The summed E-state index contributed by atoms with van der Waals surface area (Å²) in [4.78, 5) is 11.6. The molecule has 0 spiro atoms. The van der Waals surface area contributed by atoms with Crippen molar-refractivity contribution in [3.63, 3.8) is 0 Å². The Kier molecular flexibility index (Phi) is 4.63. The Hall–Kier alpha value is -1.91. The minimum absolute atomic E-state index is 0.0347. The first-order valence-electron chi connectivity index (χ1n) is 5.37. The Morgan fingerprint density at radius 3 is 2.65 bits per heavy atom. The van der Waals surface area contributed by atoms with Crippen molar-refractivity contribution in [3.8, 4) is 17.2 Å². The molecular formula is C12H16O5. The molecule has 5 heteroatoms. The molecule has 94 valence electrons. The van der Waals surface area contributed by atoms with Crippen LogP contribution in [-0.4, -0.2) is 29.9 Å². The van der Waals surface area contributed by atoms with Gasteiger partial charge in [0.2, 0.25) is 5.75 Å². The highest BCUT2D eigenvalue weighted by atomic mass is 16.5. The first-order chi connectivity index (χ1) is 8.10. The third-order valence-electron chi connectivity index (χ3n) is 2.24. The van der Waals surface area contributed by atoms with E-state index in [9.17, 15) is 15.0 Å². The molecule has 0 aromatic heterocycles. The average molecular weight is 240 g/mol. The number of carbonyl (C=O) groups is 1. The van der Waals surface area contributed by atoms with Crippen LogP contribution >= 0.6 is 0 Å². The summed E-state index contributed by atoms with van der Waals surface area (Å²) in [5, 5.41) is 18.8. The molecule has 1 rings (SSSR count). The first-order valence-corrected chi connectivity index (χ1v) is 5.37. The molecule has 0 heterocycles. The van der Waals surface area contributed by atoms with E-state index in [0.717, 1.165) is 18.9 Å². The van der Waals surface area contributed by atoms with Crippen molar-refractivity contribution < 1.29 is 24.5 Å². The van der Waals surface area contributed by atoms with Gasteiger partial charge < -0.3 is 19.7 Å². The van der Waals surface area contributed by atoms with Gasteiger partial charge in [-0.3, -0.25) is 0 Å². The lowest BCUT2D eigenvalue weighted by Gasteiger charge is -2.08. The fourth-order valence-corrected chi connectivity index (χ4v) is 1.26. The van der Waals surface area contributed by atoms with Gasteiger partial charge in [0.1, 0.15) is 0 Å². The second-order valence-corrected chi connectivity index (χ2v) is 3.54. The Morgan fingerprint density at radius 2 is 2.06 bits per heavy atom. The zero-order valence-corrected chi connectivity index (χ0v) is 9.90. The topological polar surface area (TPSA) is 76.0 Å². The number of benzene rings is 1. The molecule has 0 fully saturated rings. The molecule has 0 atom stereocenters. The van der Waals surface area contributed by atoms with E-state index in [2.05, 4.69) is 0 Å². The molecule has 0 unspecified atom stereocenters. The van der Waals surface area contributed by atoms with Crippen LogP contribution in [0, 0.1) is 0 Å². The highest BCUT2D eigenvalue weighted by Gasteiger charge is 2.15. The number of methoxy groups -OCH3 is 1. The normalized spacial score (nSPS) is 10.0. The molecule has 2 N–H and O–H groups in total. The van der Waals surface area contributed by atoms with Crippen LogP contribution in [0.5, 0.6) is 17.2 Å². The monoisotopic (exact) mass is 240 g/mol. The second kappa shape index (κ2) is 5.98. The average Bonchev–Trinajstić information content (AvgIpc) is 2.32. The Balaban J connectivity index is 2.83. The number of phenols is 2. The molecular weight excluding hydrogens is 224 g/mol. The van der Waals surface area contributed by atoms with E-state index < -0.39 is 17.5 Å². The van der Waals surface area contributed by atoms with E-state index in [1.165, 1.54) is 13.2 Å². The number of phenolic OH excluding ortho intramolecular Hbond substituents is 2. The molecule has 0 aliphatic carbocycles. The van der Waals surface area contributed by atoms with Gasteiger partial charge in [-0.2, -0.15) is 0 Å².